The van der Waals surface area contributed by atoms with Crippen LogP contribution in [0.5, 0.6) is 11.5 Å². The lowest BCUT2D eigenvalue weighted by molar-refractivity contribution is -0.0835. The molecule has 1 aromatic rings. The highest BCUT2D eigenvalue weighted by Gasteiger charge is 2.35. The molecule has 0 saturated carbocycles. The van der Waals surface area contributed by atoms with E-state index in [1.54, 1.807) is 14.2 Å². The van der Waals surface area contributed by atoms with Crippen LogP contribution in [0, 0.1) is 11.3 Å². The monoisotopic (exact) mass is 391 g/mol. The van der Waals surface area contributed by atoms with Gasteiger partial charge in [-0.1, -0.05) is 32.9 Å². The fourth-order valence-electron chi connectivity index (χ4n) is 3.82. The molecule has 2 N–H and O–H groups in total. The maximum atomic E-state index is 6.10. The minimum atomic E-state index is 0.135. The summed E-state index contributed by atoms with van der Waals surface area (Å²) in [6.07, 6.45) is 2.56. The third kappa shape index (κ3) is 6.03. The van der Waals surface area contributed by atoms with Crippen LogP contribution in [-0.2, 0) is 11.3 Å². The molecule has 2 atom stereocenters. The Morgan fingerprint density at radius 3 is 2.64 bits per heavy atom. The summed E-state index contributed by atoms with van der Waals surface area (Å²) in [5.74, 6) is 2.74. The summed E-state index contributed by atoms with van der Waals surface area (Å²) in [5, 5.41) is 6.85. The normalized spacial score (nSPS) is 20.6. The van der Waals surface area contributed by atoms with Gasteiger partial charge in [0, 0.05) is 31.2 Å². The number of aliphatic imine (C=N–C) groups is 1. The Kier molecular flexibility index (Phi) is 8.42. The Morgan fingerprint density at radius 1 is 1.21 bits per heavy atom. The second-order valence-electron chi connectivity index (χ2n) is 8.29. The van der Waals surface area contributed by atoms with Crippen molar-refractivity contribution in [3.05, 3.63) is 23.8 Å². The van der Waals surface area contributed by atoms with Gasteiger partial charge in [-0.2, -0.15) is 0 Å². The van der Waals surface area contributed by atoms with E-state index in [1.807, 2.05) is 18.2 Å². The molecule has 1 aliphatic rings. The fourth-order valence-corrected chi connectivity index (χ4v) is 3.82. The standard InChI is InChI=1S/C22H37N3O3/c1-7-23-21(24-14-16-10-8-12-18(26-5)19(16)27-6)25-15-17-11-9-13-28-20(17)22(2,3)4/h8,10,12,17,20H,7,9,11,13-15H2,1-6H3,(H2,23,24,25). The summed E-state index contributed by atoms with van der Waals surface area (Å²) in [5.41, 5.74) is 1.13. The minimum absolute atomic E-state index is 0.135. The number of ether oxygens (including phenoxy) is 3. The van der Waals surface area contributed by atoms with Gasteiger partial charge >= 0.3 is 0 Å². The van der Waals surface area contributed by atoms with Crippen molar-refractivity contribution in [2.75, 3.05) is 33.9 Å². The number of methoxy groups -OCH3 is 2. The van der Waals surface area contributed by atoms with Gasteiger partial charge in [0.1, 0.15) is 0 Å². The van der Waals surface area contributed by atoms with Crippen molar-refractivity contribution in [3.63, 3.8) is 0 Å². The zero-order valence-electron chi connectivity index (χ0n) is 18.3. The smallest absolute Gasteiger partial charge is 0.191 e. The maximum absolute atomic E-state index is 6.10. The molecule has 1 heterocycles. The quantitative estimate of drug-likeness (QED) is 0.549. The van der Waals surface area contributed by atoms with Crippen LogP contribution in [0.4, 0.5) is 0 Å². The predicted octanol–water partition coefficient (Wildman–Crippen LogP) is 3.60. The van der Waals surface area contributed by atoms with Crippen LogP contribution in [0.2, 0.25) is 0 Å². The number of guanidine groups is 1. The largest absolute Gasteiger partial charge is 0.493 e. The van der Waals surface area contributed by atoms with Gasteiger partial charge in [-0.3, -0.25) is 0 Å². The first kappa shape index (κ1) is 22.3. The van der Waals surface area contributed by atoms with Crippen LogP contribution < -0.4 is 20.1 Å². The van der Waals surface area contributed by atoms with E-state index in [9.17, 15) is 0 Å². The molecule has 1 saturated heterocycles. The lowest BCUT2D eigenvalue weighted by Crippen LogP contribution is -2.47. The fraction of sp³-hybridized carbons (Fsp3) is 0.682. The van der Waals surface area contributed by atoms with E-state index in [1.165, 1.54) is 6.42 Å². The van der Waals surface area contributed by atoms with E-state index < -0.39 is 0 Å². The molecule has 2 rings (SSSR count). The van der Waals surface area contributed by atoms with Gasteiger partial charge in [-0.05, 0) is 31.2 Å². The number of para-hydroxylation sites is 1. The number of nitrogens with zero attached hydrogens (tertiary/aromatic N) is 1. The van der Waals surface area contributed by atoms with Gasteiger partial charge in [0.05, 0.1) is 26.9 Å². The highest BCUT2D eigenvalue weighted by atomic mass is 16.5. The highest BCUT2D eigenvalue weighted by Crippen LogP contribution is 2.34. The Balaban J connectivity index is 2.07. The maximum Gasteiger partial charge on any atom is 0.191 e. The zero-order valence-corrected chi connectivity index (χ0v) is 18.3. The van der Waals surface area contributed by atoms with Crippen LogP contribution in [0.25, 0.3) is 0 Å². The van der Waals surface area contributed by atoms with Crippen LogP contribution >= 0.6 is 0 Å². The van der Waals surface area contributed by atoms with Crippen LogP contribution in [0.1, 0.15) is 46.1 Å². The molecule has 6 heteroatoms. The topological polar surface area (TPSA) is 64.1 Å². The van der Waals surface area contributed by atoms with Crippen molar-refractivity contribution in [2.24, 2.45) is 16.3 Å². The van der Waals surface area contributed by atoms with Crippen molar-refractivity contribution in [3.8, 4) is 11.5 Å². The molecule has 6 nitrogen and oxygen atoms in total. The first-order chi connectivity index (χ1) is 13.4. The predicted molar refractivity (Wildman–Crippen MR) is 114 cm³/mol. The summed E-state index contributed by atoms with van der Waals surface area (Å²) in [7, 11) is 3.30. The van der Waals surface area contributed by atoms with Gasteiger partial charge in [0.2, 0.25) is 0 Å². The van der Waals surface area contributed by atoms with E-state index >= 15 is 0 Å². The molecule has 2 unspecified atom stereocenters. The molecule has 1 aliphatic heterocycles. The average Bonchev–Trinajstić information content (AvgIpc) is 2.69. The highest BCUT2D eigenvalue weighted by molar-refractivity contribution is 5.79. The van der Waals surface area contributed by atoms with Crippen molar-refractivity contribution >= 4 is 5.96 Å². The Bertz CT molecular complexity index is 640. The molecule has 1 fully saturated rings. The third-order valence-electron chi connectivity index (χ3n) is 5.07. The summed E-state index contributed by atoms with van der Waals surface area (Å²) in [4.78, 5) is 4.76. The minimum Gasteiger partial charge on any atom is -0.493 e. The summed E-state index contributed by atoms with van der Waals surface area (Å²) in [6.45, 7) is 11.9. The van der Waals surface area contributed by atoms with E-state index in [2.05, 4.69) is 38.3 Å². The second kappa shape index (κ2) is 10.6. The third-order valence-corrected chi connectivity index (χ3v) is 5.07. The average molecular weight is 392 g/mol. The van der Waals surface area contributed by atoms with Crippen LogP contribution in [0.15, 0.2) is 23.2 Å². The molecule has 1 aromatic carbocycles. The number of hydrogen-bond acceptors (Lipinski definition) is 4. The first-order valence-electron chi connectivity index (χ1n) is 10.2. The van der Waals surface area contributed by atoms with E-state index in [0.717, 1.165) is 49.1 Å². The Labute approximate surface area is 170 Å². The molecular weight excluding hydrogens is 354 g/mol. The van der Waals surface area contributed by atoms with E-state index in [4.69, 9.17) is 19.2 Å². The molecule has 28 heavy (non-hydrogen) atoms. The molecule has 158 valence electrons. The second-order valence-corrected chi connectivity index (χ2v) is 8.29. The molecule has 0 aromatic heterocycles. The van der Waals surface area contributed by atoms with E-state index in [0.29, 0.717) is 12.5 Å². The van der Waals surface area contributed by atoms with E-state index in [-0.39, 0.29) is 11.5 Å². The van der Waals surface area contributed by atoms with Crippen molar-refractivity contribution in [1.82, 2.24) is 10.6 Å². The molecule has 0 radical (unpaired) electrons. The summed E-state index contributed by atoms with van der Waals surface area (Å²) >= 11 is 0. The Morgan fingerprint density at radius 2 is 2.00 bits per heavy atom. The van der Waals surface area contributed by atoms with Crippen LogP contribution in [0.3, 0.4) is 0 Å². The number of rotatable bonds is 7. The number of benzene rings is 1. The van der Waals surface area contributed by atoms with Gasteiger partial charge < -0.3 is 24.8 Å². The van der Waals surface area contributed by atoms with Crippen LogP contribution in [-0.4, -0.2) is 46.0 Å². The van der Waals surface area contributed by atoms with Gasteiger partial charge in [-0.15, -0.1) is 0 Å². The molecule has 0 bridgehead atoms. The molecular formula is C22H37N3O3. The zero-order chi connectivity index (χ0) is 20.6. The SMILES string of the molecule is CCNC(=NCc1cccc(OC)c1OC)NCC1CCCOC1C(C)(C)C. The summed E-state index contributed by atoms with van der Waals surface area (Å²) in [6, 6.07) is 5.87. The first-order valence-corrected chi connectivity index (χ1v) is 10.2. The Hall–Kier alpha value is -1.95. The van der Waals surface area contributed by atoms with Crippen molar-refractivity contribution in [2.45, 2.75) is 53.2 Å². The lowest BCUT2D eigenvalue weighted by atomic mass is 9.78. The number of hydrogen-bond donors (Lipinski definition) is 2. The summed E-state index contributed by atoms with van der Waals surface area (Å²) < 4.78 is 17.0. The van der Waals surface area contributed by atoms with Crippen molar-refractivity contribution in [1.29, 1.82) is 0 Å². The lowest BCUT2D eigenvalue weighted by Gasteiger charge is -2.40. The van der Waals surface area contributed by atoms with Gasteiger partial charge in [0.15, 0.2) is 17.5 Å². The molecule has 0 amide bonds. The number of nitrogens with one attached hydrogen (secondary N) is 2. The molecule has 0 spiro atoms. The van der Waals surface area contributed by atoms with Crippen molar-refractivity contribution < 1.29 is 14.2 Å². The van der Waals surface area contributed by atoms with Gasteiger partial charge in [-0.25, -0.2) is 4.99 Å². The molecule has 0 aliphatic carbocycles. The van der Waals surface area contributed by atoms with Gasteiger partial charge in [0.25, 0.3) is 0 Å².